The first-order chi connectivity index (χ1) is 10.3. The zero-order chi connectivity index (χ0) is 14.7. The molecule has 102 valence electrons. The number of ether oxygens (including phenoxy) is 1. The van der Waals surface area contributed by atoms with Crippen LogP contribution in [0.5, 0.6) is 5.75 Å². The lowest BCUT2D eigenvalue weighted by Crippen LogP contribution is -1.94. The molecule has 0 saturated heterocycles. The molecule has 3 heteroatoms. The average Bonchev–Trinajstić information content (AvgIpc) is 2.97. The van der Waals surface area contributed by atoms with Crippen LogP contribution in [0.2, 0.25) is 0 Å². The number of H-pyrrole nitrogens is 1. The summed E-state index contributed by atoms with van der Waals surface area (Å²) >= 11 is 0. The van der Waals surface area contributed by atoms with Gasteiger partial charge in [0.1, 0.15) is 5.75 Å². The molecule has 0 aliphatic heterocycles. The summed E-state index contributed by atoms with van der Waals surface area (Å²) in [4.78, 5) is 15.2. The van der Waals surface area contributed by atoms with E-state index in [0.29, 0.717) is 5.69 Å². The van der Waals surface area contributed by atoms with Gasteiger partial charge in [-0.3, -0.25) is 4.79 Å². The average molecular weight is 275 g/mol. The number of benzene rings is 2. The van der Waals surface area contributed by atoms with Crippen LogP contribution in [0.15, 0.2) is 54.6 Å². The van der Waals surface area contributed by atoms with Crippen molar-refractivity contribution in [2.45, 2.75) is 0 Å². The van der Waals surface area contributed by atoms with Crippen molar-refractivity contribution in [3.8, 4) is 17.6 Å². The Morgan fingerprint density at radius 3 is 2.76 bits per heavy atom. The van der Waals surface area contributed by atoms with Crippen LogP contribution in [0.4, 0.5) is 0 Å². The molecule has 3 nitrogen and oxygen atoms in total. The summed E-state index contributed by atoms with van der Waals surface area (Å²) in [5.74, 6) is 6.01. The Hall–Kier alpha value is -2.99. The molecule has 0 aliphatic carbocycles. The minimum absolute atomic E-state index is 0.228. The monoisotopic (exact) mass is 275 g/mol. The molecule has 0 saturated carbocycles. The third-order valence-electron chi connectivity index (χ3n) is 3.16. The van der Waals surface area contributed by atoms with Crippen LogP contribution in [0.1, 0.15) is 16.1 Å². The Bertz CT molecular complexity index is 832. The van der Waals surface area contributed by atoms with Gasteiger partial charge in [0.2, 0.25) is 0 Å². The molecule has 0 spiro atoms. The van der Waals surface area contributed by atoms with Gasteiger partial charge >= 0.3 is 0 Å². The highest BCUT2D eigenvalue weighted by Crippen LogP contribution is 2.15. The van der Waals surface area contributed by atoms with Crippen LogP contribution in [-0.2, 0) is 0 Å². The van der Waals surface area contributed by atoms with Gasteiger partial charge in [-0.1, -0.05) is 30.2 Å². The van der Waals surface area contributed by atoms with Crippen molar-refractivity contribution in [1.29, 1.82) is 0 Å². The molecule has 0 atom stereocenters. The number of nitrogens with one attached hydrogen (secondary N) is 1. The highest BCUT2D eigenvalue weighted by Gasteiger charge is 2.06. The zero-order valence-corrected chi connectivity index (χ0v) is 11.5. The number of aromatic nitrogens is 1. The number of aromatic amines is 1. The van der Waals surface area contributed by atoms with E-state index in [4.69, 9.17) is 4.74 Å². The second-order valence-corrected chi connectivity index (χ2v) is 4.58. The van der Waals surface area contributed by atoms with Crippen molar-refractivity contribution in [3.63, 3.8) is 0 Å². The predicted octanol–water partition coefficient (Wildman–Crippen LogP) is 3.41. The highest BCUT2D eigenvalue weighted by molar-refractivity contribution is 6.10. The summed E-state index contributed by atoms with van der Waals surface area (Å²) in [5, 5.41) is 1.00. The topological polar surface area (TPSA) is 42.1 Å². The number of carbonyl (C=O) groups is 1. The Labute approximate surface area is 122 Å². The number of fused-ring (bicyclic) bond motifs is 1. The van der Waals surface area contributed by atoms with Crippen LogP contribution in [-0.4, -0.2) is 17.9 Å². The lowest BCUT2D eigenvalue weighted by Gasteiger charge is -1.97. The molecule has 3 aromatic rings. The Morgan fingerprint density at radius 2 is 1.95 bits per heavy atom. The molecule has 3 rings (SSSR count). The first kappa shape index (κ1) is 13.0. The number of carbonyl (C=O) groups excluding carboxylic acids is 1. The Morgan fingerprint density at radius 1 is 1.10 bits per heavy atom. The molecular formula is C18H13NO2. The molecule has 1 N–H and O–H groups in total. The van der Waals surface area contributed by atoms with E-state index in [1.807, 2.05) is 48.5 Å². The summed E-state index contributed by atoms with van der Waals surface area (Å²) in [7, 11) is 1.60. The minimum Gasteiger partial charge on any atom is -0.497 e. The number of hydrogen-bond donors (Lipinski definition) is 1. The molecule has 0 aliphatic rings. The van der Waals surface area contributed by atoms with E-state index in [9.17, 15) is 4.79 Å². The number of para-hydroxylation sites is 1. The first-order valence-corrected chi connectivity index (χ1v) is 6.54. The first-order valence-electron chi connectivity index (χ1n) is 6.54. The largest absolute Gasteiger partial charge is 0.497 e. The van der Waals surface area contributed by atoms with Crippen molar-refractivity contribution >= 4 is 16.7 Å². The Kier molecular flexibility index (Phi) is 3.44. The van der Waals surface area contributed by atoms with Gasteiger partial charge in [0.25, 0.3) is 5.78 Å². The summed E-state index contributed by atoms with van der Waals surface area (Å²) in [5.41, 5.74) is 2.19. The van der Waals surface area contributed by atoms with E-state index in [2.05, 4.69) is 16.8 Å². The van der Waals surface area contributed by atoms with Gasteiger partial charge in [0, 0.05) is 16.5 Å². The van der Waals surface area contributed by atoms with Gasteiger partial charge in [-0.25, -0.2) is 0 Å². The van der Waals surface area contributed by atoms with E-state index >= 15 is 0 Å². The summed E-state index contributed by atoms with van der Waals surface area (Å²) < 4.78 is 5.13. The molecule has 1 heterocycles. The van der Waals surface area contributed by atoms with Gasteiger partial charge in [0.15, 0.2) is 0 Å². The van der Waals surface area contributed by atoms with Crippen LogP contribution < -0.4 is 4.74 Å². The number of methoxy groups -OCH3 is 1. The minimum atomic E-state index is -0.228. The van der Waals surface area contributed by atoms with Gasteiger partial charge < -0.3 is 9.72 Å². The van der Waals surface area contributed by atoms with Crippen molar-refractivity contribution in [2.24, 2.45) is 0 Å². The molecule has 2 aromatic carbocycles. The quantitative estimate of drug-likeness (QED) is 0.575. The third-order valence-corrected chi connectivity index (χ3v) is 3.16. The van der Waals surface area contributed by atoms with Gasteiger partial charge in [-0.2, -0.15) is 0 Å². The molecule has 0 unspecified atom stereocenters. The summed E-state index contributed by atoms with van der Waals surface area (Å²) in [6, 6.07) is 16.9. The third kappa shape index (κ3) is 2.80. The van der Waals surface area contributed by atoms with E-state index in [-0.39, 0.29) is 5.78 Å². The molecule has 0 fully saturated rings. The molecule has 1 aromatic heterocycles. The second kappa shape index (κ2) is 5.56. The number of hydrogen-bond acceptors (Lipinski definition) is 2. The SMILES string of the molecule is COc1cccc(C#CC(=O)c2cc3ccccc3[nH]2)c1. The maximum absolute atomic E-state index is 12.1. The maximum atomic E-state index is 12.1. The lowest BCUT2D eigenvalue weighted by molar-refractivity contribution is 0.105. The zero-order valence-electron chi connectivity index (χ0n) is 11.5. The maximum Gasteiger partial charge on any atom is 0.252 e. The fourth-order valence-corrected chi connectivity index (χ4v) is 2.09. The van der Waals surface area contributed by atoms with Crippen LogP contribution in [0.3, 0.4) is 0 Å². The number of rotatable bonds is 2. The van der Waals surface area contributed by atoms with Crippen LogP contribution in [0.25, 0.3) is 10.9 Å². The highest BCUT2D eigenvalue weighted by atomic mass is 16.5. The van der Waals surface area contributed by atoms with Gasteiger partial charge in [0.05, 0.1) is 12.8 Å². The van der Waals surface area contributed by atoms with E-state index in [0.717, 1.165) is 22.2 Å². The van der Waals surface area contributed by atoms with Gasteiger partial charge in [-0.15, -0.1) is 0 Å². The molecule has 0 radical (unpaired) electrons. The molecule has 21 heavy (non-hydrogen) atoms. The lowest BCUT2D eigenvalue weighted by atomic mass is 10.2. The van der Waals surface area contributed by atoms with Crippen molar-refractivity contribution < 1.29 is 9.53 Å². The standard InChI is InChI=1S/C18H13NO2/c1-21-15-7-4-5-13(11-15)9-10-18(20)17-12-14-6-2-3-8-16(14)19-17/h2-8,11-12,19H,1H3. The number of ketones is 1. The Balaban J connectivity index is 1.87. The summed E-state index contributed by atoms with van der Waals surface area (Å²) in [6.45, 7) is 0. The molecule has 0 bridgehead atoms. The fraction of sp³-hybridized carbons (Fsp3) is 0.0556. The number of Topliss-reactive ketones (excluding diaryl/α,β-unsaturated/α-hetero) is 1. The van der Waals surface area contributed by atoms with Crippen molar-refractivity contribution in [1.82, 2.24) is 4.98 Å². The predicted molar refractivity (Wildman–Crippen MR) is 82.5 cm³/mol. The van der Waals surface area contributed by atoms with Crippen LogP contribution >= 0.6 is 0 Å². The van der Waals surface area contributed by atoms with E-state index in [1.165, 1.54) is 0 Å². The van der Waals surface area contributed by atoms with Crippen molar-refractivity contribution in [2.75, 3.05) is 7.11 Å². The van der Waals surface area contributed by atoms with E-state index in [1.54, 1.807) is 13.2 Å². The van der Waals surface area contributed by atoms with Crippen molar-refractivity contribution in [3.05, 3.63) is 65.9 Å². The fourth-order valence-electron chi connectivity index (χ4n) is 2.09. The van der Waals surface area contributed by atoms with E-state index < -0.39 is 0 Å². The molecular weight excluding hydrogens is 262 g/mol. The van der Waals surface area contributed by atoms with Gasteiger partial charge in [-0.05, 0) is 36.3 Å². The molecule has 0 amide bonds. The summed E-state index contributed by atoms with van der Waals surface area (Å²) in [6.07, 6.45) is 0. The normalized spacial score (nSPS) is 9.95. The van der Waals surface area contributed by atoms with Crippen LogP contribution in [0, 0.1) is 11.8 Å². The second-order valence-electron chi connectivity index (χ2n) is 4.58. The smallest absolute Gasteiger partial charge is 0.252 e.